The van der Waals surface area contributed by atoms with Gasteiger partial charge in [0.25, 0.3) is 11.8 Å². The Bertz CT molecular complexity index is 765. The third-order valence-corrected chi connectivity index (χ3v) is 4.30. The number of benzene rings is 2. The molecule has 2 aromatic rings. The summed E-state index contributed by atoms with van der Waals surface area (Å²) in [5.41, 5.74) is 1.87. The van der Waals surface area contributed by atoms with E-state index in [1.807, 2.05) is 37.3 Å². The zero-order valence-corrected chi connectivity index (χ0v) is 14.0. The van der Waals surface area contributed by atoms with E-state index in [0.29, 0.717) is 11.1 Å². The molecule has 25 heavy (non-hydrogen) atoms. The van der Waals surface area contributed by atoms with Crippen LogP contribution in [0.4, 0.5) is 0 Å². The quantitative estimate of drug-likeness (QED) is 0.600. The SMILES string of the molecule is C[C@H](CC(=O)OCCN1C(=O)c2ccccc2C1=O)c1ccccc1. The van der Waals surface area contributed by atoms with Gasteiger partial charge in [-0.3, -0.25) is 19.3 Å². The predicted octanol–water partition coefficient (Wildman–Crippen LogP) is 3.02. The highest BCUT2D eigenvalue weighted by atomic mass is 16.5. The van der Waals surface area contributed by atoms with Gasteiger partial charge in [-0.15, -0.1) is 0 Å². The second kappa shape index (κ2) is 7.30. The number of fused-ring (bicyclic) bond motifs is 1. The summed E-state index contributed by atoms with van der Waals surface area (Å²) in [4.78, 5) is 37.5. The number of carbonyl (C=O) groups excluding carboxylic acids is 3. The minimum atomic E-state index is -0.340. The fourth-order valence-electron chi connectivity index (χ4n) is 2.90. The predicted molar refractivity (Wildman–Crippen MR) is 92.2 cm³/mol. The lowest BCUT2D eigenvalue weighted by Gasteiger charge is -2.15. The Morgan fingerprint density at radius 2 is 1.52 bits per heavy atom. The molecular weight excluding hydrogens is 318 g/mol. The number of imide groups is 1. The third kappa shape index (κ3) is 3.60. The lowest BCUT2D eigenvalue weighted by molar-refractivity contribution is -0.144. The molecule has 0 saturated carbocycles. The maximum atomic E-state index is 12.2. The Morgan fingerprint density at radius 3 is 2.12 bits per heavy atom. The van der Waals surface area contributed by atoms with E-state index in [0.717, 1.165) is 10.5 Å². The Labute approximate surface area is 146 Å². The van der Waals surface area contributed by atoms with Crippen molar-refractivity contribution in [1.82, 2.24) is 4.90 Å². The molecule has 0 radical (unpaired) electrons. The van der Waals surface area contributed by atoms with Crippen LogP contribution < -0.4 is 0 Å². The van der Waals surface area contributed by atoms with Crippen LogP contribution in [-0.2, 0) is 9.53 Å². The first-order valence-electron chi connectivity index (χ1n) is 8.23. The summed E-state index contributed by atoms with van der Waals surface area (Å²) in [6, 6.07) is 16.4. The molecule has 0 fully saturated rings. The van der Waals surface area contributed by atoms with Gasteiger partial charge in [0.1, 0.15) is 6.61 Å². The van der Waals surface area contributed by atoms with E-state index >= 15 is 0 Å². The maximum Gasteiger partial charge on any atom is 0.306 e. The van der Waals surface area contributed by atoms with Crippen molar-refractivity contribution in [2.45, 2.75) is 19.3 Å². The van der Waals surface area contributed by atoms with Crippen molar-refractivity contribution in [3.63, 3.8) is 0 Å². The molecule has 2 amide bonds. The Hall–Kier alpha value is -2.95. The van der Waals surface area contributed by atoms with Crippen molar-refractivity contribution < 1.29 is 19.1 Å². The molecule has 0 bridgehead atoms. The molecule has 5 nitrogen and oxygen atoms in total. The van der Waals surface area contributed by atoms with E-state index < -0.39 is 0 Å². The fraction of sp³-hybridized carbons (Fsp3) is 0.250. The monoisotopic (exact) mass is 337 g/mol. The summed E-state index contributed by atoms with van der Waals surface area (Å²) in [5.74, 6) is -0.968. The first-order valence-corrected chi connectivity index (χ1v) is 8.23. The smallest absolute Gasteiger partial charge is 0.306 e. The summed E-state index contributed by atoms with van der Waals surface area (Å²) < 4.78 is 5.21. The van der Waals surface area contributed by atoms with Crippen molar-refractivity contribution in [3.05, 3.63) is 71.3 Å². The molecule has 128 valence electrons. The second-order valence-corrected chi connectivity index (χ2v) is 6.04. The minimum Gasteiger partial charge on any atom is -0.464 e. The van der Waals surface area contributed by atoms with Crippen molar-refractivity contribution in [1.29, 1.82) is 0 Å². The lowest BCUT2D eigenvalue weighted by Crippen LogP contribution is -2.33. The zero-order chi connectivity index (χ0) is 17.8. The zero-order valence-electron chi connectivity index (χ0n) is 14.0. The van der Waals surface area contributed by atoms with Crippen LogP contribution in [0.1, 0.15) is 45.5 Å². The number of hydrogen-bond donors (Lipinski definition) is 0. The molecule has 0 aromatic heterocycles. The van der Waals surface area contributed by atoms with Crippen LogP contribution in [0.25, 0.3) is 0 Å². The van der Waals surface area contributed by atoms with Crippen LogP contribution in [0.15, 0.2) is 54.6 Å². The van der Waals surface area contributed by atoms with Crippen molar-refractivity contribution >= 4 is 17.8 Å². The summed E-state index contributed by atoms with van der Waals surface area (Å²) in [7, 11) is 0. The highest BCUT2D eigenvalue weighted by Gasteiger charge is 2.34. The van der Waals surface area contributed by atoms with Crippen molar-refractivity contribution in [2.24, 2.45) is 0 Å². The number of rotatable bonds is 6. The molecule has 0 spiro atoms. The van der Waals surface area contributed by atoms with E-state index in [4.69, 9.17) is 4.74 Å². The van der Waals surface area contributed by atoms with Gasteiger partial charge in [0.05, 0.1) is 24.1 Å². The molecule has 0 unspecified atom stereocenters. The Morgan fingerprint density at radius 1 is 0.960 bits per heavy atom. The van der Waals surface area contributed by atoms with Crippen LogP contribution in [0.3, 0.4) is 0 Å². The van der Waals surface area contributed by atoms with Gasteiger partial charge in [0.2, 0.25) is 0 Å². The van der Waals surface area contributed by atoms with Crippen LogP contribution in [-0.4, -0.2) is 35.8 Å². The molecule has 1 aliphatic rings. The average molecular weight is 337 g/mol. The number of ether oxygens (including phenoxy) is 1. The standard InChI is InChI=1S/C20H19NO4/c1-14(15-7-3-2-4-8-15)13-18(22)25-12-11-21-19(23)16-9-5-6-10-17(16)20(21)24/h2-10,14H,11-13H2,1H3/t14-/m1/s1. The van der Waals surface area contributed by atoms with Gasteiger partial charge in [-0.05, 0) is 23.6 Å². The van der Waals surface area contributed by atoms with Gasteiger partial charge in [-0.25, -0.2) is 0 Å². The third-order valence-electron chi connectivity index (χ3n) is 4.30. The van der Waals surface area contributed by atoms with E-state index in [2.05, 4.69) is 0 Å². The van der Waals surface area contributed by atoms with Crippen LogP contribution in [0.5, 0.6) is 0 Å². The van der Waals surface area contributed by atoms with Crippen molar-refractivity contribution in [3.8, 4) is 0 Å². The van der Waals surface area contributed by atoms with Gasteiger partial charge < -0.3 is 4.74 Å². The molecule has 1 heterocycles. The molecule has 5 heteroatoms. The highest BCUT2D eigenvalue weighted by molar-refractivity contribution is 6.21. The van der Waals surface area contributed by atoms with E-state index in [1.54, 1.807) is 24.3 Å². The van der Waals surface area contributed by atoms with Gasteiger partial charge in [0, 0.05) is 0 Å². The summed E-state index contributed by atoms with van der Waals surface area (Å²) in [6.07, 6.45) is 0.256. The first kappa shape index (κ1) is 16.9. The maximum absolute atomic E-state index is 12.2. The number of carbonyl (C=O) groups is 3. The van der Waals surface area contributed by atoms with Crippen LogP contribution in [0, 0.1) is 0 Å². The van der Waals surface area contributed by atoms with E-state index in [-0.39, 0.29) is 43.3 Å². The van der Waals surface area contributed by atoms with Gasteiger partial charge >= 0.3 is 5.97 Å². The molecule has 1 atom stereocenters. The fourth-order valence-corrected chi connectivity index (χ4v) is 2.90. The molecule has 0 saturated heterocycles. The molecule has 0 N–H and O–H groups in total. The summed E-state index contributed by atoms with van der Waals surface area (Å²) in [6.45, 7) is 2.03. The molecule has 3 rings (SSSR count). The largest absolute Gasteiger partial charge is 0.464 e. The summed E-state index contributed by atoms with van der Waals surface area (Å²) in [5, 5.41) is 0. The van der Waals surface area contributed by atoms with Crippen molar-refractivity contribution in [2.75, 3.05) is 13.2 Å². The van der Waals surface area contributed by atoms with E-state index in [1.165, 1.54) is 0 Å². The molecular formula is C20H19NO4. The van der Waals surface area contributed by atoms with E-state index in [9.17, 15) is 14.4 Å². The van der Waals surface area contributed by atoms with Crippen LogP contribution in [0.2, 0.25) is 0 Å². The molecule has 2 aromatic carbocycles. The first-order chi connectivity index (χ1) is 12.1. The Balaban J connectivity index is 1.50. The molecule has 1 aliphatic heterocycles. The second-order valence-electron chi connectivity index (χ2n) is 6.04. The molecule has 0 aliphatic carbocycles. The lowest BCUT2D eigenvalue weighted by atomic mass is 9.98. The minimum absolute atomic E-state index is 0.00577. The average Bonchev–Trinajstić information content (AvgIpc) is 2.87. The normalized spacial score (nSPS) is 14.4. The number of nitrogens with zero attached hydrogens (tertiary/aromatic N) is 1. The topological polar surface area (TPSA) is 63.7 Å². The van der Waals surface area contributed by atoms with Crippen LogP contribution >= 0.6 is 0 Å². The van der Waals surface area contributed by atoms with Gasteiger partial charge in [-0.1, -0.05) is 49.4 Å². The highest BCUT2D eigenvalue weighted by Crippen LogP contribution is 2.22. The number of esters is 1. The van der Waals surface area contributed by atoms with Gasteiger partial charge in [0.15, 0.2) is 0 Å². The number of hydrogen-bond acceptors (Lipinski definition) is 4. The number of amides is 2. The Kier molecular flexibility index (Phi) is 4.93. The summed E-state index contributed by atoms with van der Waals surface area (Å²) >= 11 is 0. The van der Waals surface area contributed by atoms with Gasteiger partial charge in [-0.2, -0.15) is 0 Å².